The van der Waals surface area contributed by atoms with Crippen LogP contribution in [0.25, 0.3) is 10.9 Å². The molecule has 1 heterocycles. The van der Waals surface area contributed by atoms with Gasteiger partial charge in [-0.2, -0.15) is 26.3 Å². The highest BCUT2D eigenvalue weighted by Crippen LogP contribution is 2.37. The Morgan fingerprint density at radius 1 is 0.973 bits per heavy atom. The van der Waals surface area contributed by atoms with Crippen molar-refractivity contribution in [1.82, 2.24) is 9.88 Å². The summed E-state index contributed by atoms with van der Waals surface area (Å²) in [7, 11) is 0. The van der Waals surface area contributed by atoms with Crippen molar-refractivity contribution in [1.29, 1.82) is 0 Å². The lowest BCUT2D eigenvalue weighted by molar-refractivity contribution is -0.143. The Balaban J connectivity index is 1.72. The maximum atomic E-state index is 13.3. The van der Waals surface area contributed by atoms with Crippen molar-refractivity contribution in [2.75, 3.05) is 18.0 Å². The third kappa shape index (κ3) is 6.44. The summed E-state index contributed by atoms with van der Waals surface area (Å²) in [6.45, 7) is 2.35. The summed E-state index contributed by atoms with van der Waals surface area (Å²) in [5.74, 6) is 1.06. The third-order valence-electron chi connectivity index (χ3n) is 6.29. The highest BCUT2D eigenvalue weighted by molar-refractivity contribution is 5.82. The Hall–Kier alpha value is -3.50. The van der Waals surface area contributed by atoms with Crippen LogP contribution in [0.4, 0.5) is 37.0 Å². The number of nitrogens with zero attached hydrogens (tertiary/aromatic N) is 3. The fourth-order valence-electron chi connectivity index (χ4n) is 4.24. The van der Waals surface area contributed by atoms with Crippen molar-refractivity contribution in [3.63, 3.8) is 0 Å². The molecule has 3 aromatic rings. The van der Waals surface area contributed by atoms with Gasteiger partial charge >= 0.3 is 18.4 Å². The average molecular weight is 525 g/mol. The minimum Gasteiger partial charge on any atom is -0.465 e. The summed E-state index contributed by atoms with van der Waals surface area (Å²) in [5, 5.41) is 10.6. The molecule has 0 aliphatic heterocycles. The monoisotopic (exact) mass is 525 g/mol. The topological polar surface area (TPSA) is 56.7 Å². The van der Waals surface area contributed by atoms with Crippen molar-refractivity contribution in [3.05, 3.63) is 70.8 Å². The quantitative estimate of drug-likeness (QED) is 0.316. The van der Waals surface area contributed by atoms with Gasteiger partial charge in [0.2, 0.25) is 0 Å². The molecule has 11 heteroatoms. The first-order valence-electron chi connectivity index (χ1n) is 11.7. The maximum Gasteiger partial charge on any atom is 0.416 e. The first-order valence-corrected chi connectivity index (χ1v) is 11.7. The van der Waals surface area contributed by atoms with E-state index in [1.54, 1.807) is 18.2 Å². The van der Waals surface area contributed by atoms with E-state index >= 15 is 0 Å². The zero-order valence-corrected chi connectivity index (χ0v) is 19.9. The summed E-state index contributed by atoms with van der Waals surface area (Å²) in [5.41, 5.74) is -2.17. The summed E-state index contributed by atoms with van der Waals surface area (Å²) in [6.07, 6.45) is -9.36. The van der Waals surface area contributed by atoms with Gasteiger partial charge in [-0.3, -0.25) is 4.90 Å². The van der Waals surface area contributed by atoms with E-state index in [0.717, 1.165) is 29.7 Å². The number of carboxylic acid groups (broad SMARTS) is 1. The molecule has 0 unspecified atom stereocenters. The van der Waals surface area contributed by atoms with Crippen LogP contribution in [0.15, 0.2) is 48.5 Å². The lowest BCUT2D eigenvalue weighted by Crippen LogP contribution is -2.32. The number of pyridine rings is 1. The maximum absolute atomic E-state index is 13.3. The smallest absolute Gasteiger partial charge is 0.416 e. The molecule has 1 aliphatic rings. The summed E-state index contributed by atoms with van der Waals surface area (Å²) in [4.78, 5) is 19.7. The molecule has 4 rings (SSSR count). The lowest BCUT2D eigenvalue weighted by Gasteiger charge is -2.27. The van der Waals surface area contributed by atoms with Gasteiger partial charge in [-0.15, -0.1) is 0 Å². The van der Waals surface area contributed by atoms with E-state index in [-0.39, 0.29) is 12.6 Å². The predicted octanol–water partition coefficient (Wildman–Crippen LogP) is 7.19. The first kappa shape index (κ1) is 26.6. The second-order valence-electron chi connectivity index (χ2n) is 9.20. The molecule has 0 saturated heterocycles. The molecular weight excluding hydrogens is 500 g/mol. The summed E-state index contributed by atoms with van der Waals surface area (Å²) < 4.78 is 79.8. The van der Waals surface area contributed by atoms with Crippen LogP contribution in [0.1, 0.15) is 42.0 Å². The molecule has 1 aliphatic carbocycles. The van der Waals surface area contributed by atoms with Crippen LogP contribution in [-0.4, -0.2) is 34.2 Å². The van der Waals surface area contributed by atoms with E-state index in [1.165, 1.54) is 0 Å². The second kappa shape index (κ2) is 10.1. The standard InChI is InChI=1S/C26H25F6N3O2/c1-2-34(13-16-7-8-16)23-19(11-18-5-3-4-6-22(18)33-23)15-35(24(36)37)14-17-9-20(25(27,28)29)12-21(10-17)26(30,31)32/h3-6,9-12,16H,2,7-8,13-15H2,1H3,(H,36,37). The van der Waals surface area contributed by atoms with E-state index in [9.17, 15) is 36.2 Å². The van der Waals surface area contributed by atoms with Gasteiger partial charge in [0.25, 0.3) is 0 Å². The Morgan fingerprint density at radius 3 is 2.14 bits per heavy atom. The van der Waals surface area contributed by atoms with E-state index in [4.69, 9.17) is 4.98 Å². The van der Waals surface area contributed by atoms with Gasteiger partial charge in [0, 0.05) is 30.6 Å². The van der Waals surface area contributed by atoms with Crippen LogP contribution in [-0.2, 0) is 25.4 Å². The highest BCUT2D eigenvalue weighted by atomic mass is 19.4. The Labute approximate surface area is 209 Å². The molecule has 5 nitrogen and oxygen atoms in total. The molecule has 0 spiro atoms. The van der Waals surface area contributed by atoms with Crippen molar-refractivity contribution in [2.45, 2.75) is 45.2 Å². The molecule has 37 heavy (non-hydrogen) atoms. The molecule has 1 N–H and O–H groups in total. The predicted molar refractivity (Wildman–Crippen MR) is 126 cm³/mol. The van der Waals surface area contributed by atoms with Crippen molar-refractivity contribution >= 4 is 22.8 Å². The molecule has 0 bridgehead atoms. The van der Waals surface area contributed by atoms with Crippen LogP contribution in [0.5, 0.6) is 0 Å². The largest absolute Gasteiger partial charge is 0.465 e. The number of hydrogen-bond acceptors (Lipinski definition) is 3. The fourth-order valence-corrected chi connectivity index (χ4v) is 4.24. The number of benzene rings is 2. The van der Waals surface area contributed by atoms with E-state index in [0.29, 0.717) is 41.5 Å². The van der Waals surface area contributed by atoms with E-state index in [2.05, 4.69) is 0 Å². The molecule has 1 amide bonds. The van der Waals surface area contributed by atoms with Crippen molar-refractivity contribution in [3.8, 4) is 0 Å². The number of aromatic nitrogens is 1. The Kier molecular flexibility index (Phi) is 7.25. The third-order valence-corrected chi connectivity index (χ3v) is 6.29. The number of para-hydroxylation sites is 1. The van der Waals surface area contributed by atoms with Crippen molar-refractivity contribution in [2.24, 2.45) is 5.92 Å². The second-order valence-corrected chi connectivity index (χ2v) is 9.20. The molecule has 1 aromatic heterocycles. The van der Waals surface area contributed by atoms with E-state index < -0.39 is 41.7 Å². The summed E-state index contributed by atoms with van der Waals surface area (Å²) in [6, 6.07) is 10.2. The van der Waals surface area contributed by atoms with Gasteiger partial charge in [-0.05, 0) is 61.6 Å². The zero-order chi connectivity index (χ0) is 27.0. The van der Waals surface area contributed by atoms with Crippen LogP contribution >= 0.6 is 0 Å². The number of halogens is 6. The minimum absolute atomic E-state index is 0.0248. The van der Waals surface area contributed by atoms with Gasteiger partial charge < -0.3 is 10.0 Å². The van der Waals surface area contributed by atoms with Gasteiger partial charge in [0.1, 0.15) is 5.82 Å². The summed E-state index contributed by atoms with van der Waals surface area (Å²) >= 11 is 0. The normalized spacial score (nSPS) is 14.1. The lowest BCUT2D eigenvalue weighted by atomic mass is 10.0. The number of rotatable bonds is 8. The number of fused-ring (bicyclic) bond motifs is 1. The van der Waals surface area contributed by atoms with Gasteiger partial charge in [-0.25, -0.2) is 9.78 Å². The molecule has 1 fully saturated rings. The Morgan fingerprint density at radius 2 is 1.59 bits per heavy atom. The minimum atomic E-state index is -5.02. The Bertz CT molecular complexity index is 1260. The molecular formula is C26H25F6N3O2. The van der Waals surface area contributed by atoms with Crippen LogP contribution < -0.4 is 4.90 Å². The molecule has 1 saturated carbocycles. The molecule has 2 aromatic carbocycles. The molecule has 198 valence electrons. The van der Waals surface area contributed by atoms with Gasteiger partial charge in [-0.1, -0.05) is 18.2 Å². The number of amides is 1. The van der Waals surface area contributed by atoms with Crippen LogP contribution in [0.2, 0.25) is 0 Å². The highest BCUT2D eigenvalue weighted by Gasteiger charge is 2.37. The molecule has 0 atom stereocenters. The fraction of sp³-hybridized carbons (Fsp3) is 0.385. The number of hydrogen-bond donors (Lipinski definition) is 1. The zero-order valence-electron chi connectivity index (χ0n) is 19.9. The SMILES string of the molecule is CCN(CC1CC1)c1nc2ccccc2cc1CN(Cc1cc(C(F)(F)F)cc(C(F)(F)F)c1)C(=O)O. The van der Waals surface area contributed by atoms with Crippen LogP contribution in [0, 0.1) is 5.92 Å². The van der Waals surface area contributed by atoms with Gasteiger partial charge in [0.05, 0.1) is 23.2 Å². The first-order chi connectivity index (χ1) is 17.3. The number of anilines is 1. The van der Waals surface area contributed by atoms with Crippen LogP contribution in [0.3, 0.4) is 0 Å². The number of carbonyl (C=O) groups is 1. The molecule has 0 radical (unpaired) electrons. The van der Waals surface area contributed by atoms with Crippen molar-refractivity contribution < 1.29 is 36.2 Å². The van der Waals surface area contributed by atoms with Gasteiger partial charge in [0.15, 0.2) is 0 Å². The van der Waals surface area contributed by atoms with E-state index in [1.807, 2.05) is 24.0 Å². The average Bonchev–Trinajstić information content (AvgIpc) is 3.64. The number of alkyl halides is 6.